The molecule has 1 aliphatic heterocycles. The number of hydrogen-bond donors (Lipinski definition) is 1. The van der Waals surface area contributed by atoms with Crippen LogP contribution in [0, 0.1) is 17.5 Å². The van der Waals surface area contributed by atoms with E-state index < -0.39 is 47.9 Å². The summed E-state index contributed by atoms with van der Waals surface area (Å²) in [6.45, 7) is 6.71. The van der Waals surface area contributed by atoms with Gasteiger partial charge in [-0.25, -0.2) is 13.2 Å². The zero-order chi connectivity index (χ0) is 16.7. The van der Waals surface area contributed by atoms with Gasteiger partial charge in [-0.05, 0) is 45.3 Å². The van der Waals surface area contributed by atoms with Crippen molar-refractivity contribution in [2.45, 2.75) is 38.9 Å². The van der Waals surface area contributed by atoms with Crippen molar-refractivity contribution in [3.8, 4) is 0 Å². The molecule has 0 aromatic heterocycles. The maximum Gasteiger partial charge on any atom is 0.492 e. The van der Waals surface area contributed by atoms with Crippen molar-refractivity contribution in [1.82, 2.24) is 0 Å². The average molecular weight is 314 g/mol. The molecule has 0 aliphatic carbocycles. The zero-order valence-electron chi connectivity index (χ0n) is 12.9. The van der Waals surface area contributed by atoms with Crippen LogP contribution < -0.4 is 0 Å². The highest BCUT2D eigenvalue weighted by molar-refractivity contribution is 6.55. The second-order valence-electron chi connectivity index (χ2n) is 6.22. The summed E-state index contributed by atoms with van der Waals surface area (Å²) < 4.78 is 52.1. The molecule has 22 heavy (non-hydrogen) atoms. The van der Waals surface area contributed by atoms with E-state index in [1.165, 1.54) is 0 Å². The predicted molar refractivity (Wildman–Crippen MR) is 77.5 cm³/mol. The molecule has 1 N–H and O–H groups in total. The lowest BCUT2D eigenvalue weighted by molar-refractivity contribution is 0.00578. The number of halogens is 3. The van der Waals surface area contributed by atoms with E-state index in [2.05, 4.69) is 0 Å². The molecule has 0 saturated carbocycles. The Balaban J connectivity index is 2.40. The molecule has 0 bridgehead atoms. The maximum absolute atomic E-state index is 13.7. The van der Waals surface area contributed by atoms with Crippen molar-refractivity contribution in [1.29, 1.82) is 0 Å². The van der Waals surface area contributed by atoms with Gasteiger partial charge in [0.1, 0.15) is 5.82 Å². The van der Waals surface area contributed by atoms with Crippen LogP contribution in [0.2, 0.25) is 0 Å². The van der Waals surface area contributed by atoms with E-state index in [1.807, 2.05) is 27.7 Å². The highest BCUT2D eigenvalue weighted by atomic mass is 19.2. The first-order chi connectivity index (χ1) is 10.1. The highest BCUT2D eigenvalue weighted by Gasteiger charge is 2.52. The van der Waals surface area contributed by atoms with Gasteiger partial charge in [-0.2, -0.15) is 0 Å². The average Bonchev–Trinajstić information content (AvgIpc) is 2.63. The Morgan fingerprint density at radius 1 is 1.09 bits per heavy atom. The Hall–Kier alpha value is -1.31. The number of aliphatic hydroxyl groups is 1. The summed E-state index contributed by atoms with van der Waals surface area (Å²) in [5.74, 6) is -3.41. The van der Waals surface area contributed by atoms with Gasteiger partial charge in [0.2, 0.25) is 0 Å². The maximum atomic E-state index is 13.7. The van der Waals surface area contributed by atoms with Crippen LogP contribution in [0.4, 0.5) is 13.2 Å². The molecule has 1 heterocycles. The van der Waals surface area contributed by atoms with Crippen LogP contribution in [0.5, 0.6) is 0 Å². The molecule has 0 unspecified atom stereocenters. The molecule has 1 aromatic rings. The van der Waals surface area contributed by atoms with Gasteiger partial charge in [-0.1, -0.05) is 6.08 Å². The molecule has 0 radical (unpaired) electrons. The summed E-state index contributed by atoms with van der Waals surface area (Å²) in [4.78, 5) is 0. The third-order valence-corrected chi connectivity index (χ3v) is 4.15. The van der Waals surface area contributed by atoms with Crippen molar-refractivity contribution < 1.29 is 27.6 Å². The summed E-state index contributed by atoms with van der Waals surface area (Å²) in [5.41, 5.74) is -1.78. The minimum absolute atomic E-state index is 0.113. The molecule has 2 rings (SSSR count). The minimum Gasteiger partial charge on any atom is -0.400 e. The lowest BCUT2D eigenvalue weighted by Gasteiger charge is -2.32. The number of aliphatic hydroxyl groups excluding tert-OH is 1. The molecule has 120 valence electrons. The fourth-order valence-corrected chi connectivity index (χ4v) is 2.04. The van der Waals surface area contributed by atoms with E-state index in [0.29, 0.717) is 6.07 Å². The monoisotopic (exact) mass is 314 g/mol. The third kappa shape index (κ3) is 2.93. The molecule has 1 fully saturated rings. The van der Waals surface area contributed by atoms with Crippen molar-refractivity contribution >= 4 is 13.2 Å². The highest BCUT2D eigenvalue weighted by Crippen LogP contribution is 2.38. The Labute approximate surface area is 127 Å². The van der Waals surface area contributed by atoms with Crippen LogP contribution in [0.1, 0.15) is 33.3 Å². The van der Waals surface area contributed by atoms with Crippen LogP contribution in [0.15, 0.2) is 17.6 Å². The first kappa shape index (κ1) is 17.1. The molecular weight excluding hydrogens is 296 g/mol. The Morgan fingerprint density at radius 2 is 1.59 bits per heavy atom. The lowest BCUT2D eigenvalue weighted by atomic mass is 9.77. The van der Waals surface area contributed by atoms with Gasteiger partial charge < -0.3 is 14.4 Å². The Bertz CT molecular complexity index is 598. The summed E-state index contributed by atoms with van der Waals surface area (Å²) in [7, 11) is -0.961. The van der Waals surface area contributed by atoms with Gasteiger partial charge in [0.25, 0.3) is 0 Å². The first-order valence-electron chi connectivity index (χ1n) is 6.89. The van der Waals surface area contributed by atoms with Gasteiger partial charge >= 0.3 is 7.12 Å². The normalized spacial score (nSPS) is 20.5. The topological polar surface area (TPSA) is 38.7 Å². The van der Waals surface area contributed by atoms with Gasteiger partial charge in [0.15, 0.2) is 11.6 Å². The van der Waals surface area contributed by atoms with E-state index in [1.54, 1.807) is 0 Å². The molecule has 1 aliphatic rings. The fraction of sp³-hybridized carbons (Fsp3) is 0.467. The van der Waals surface area contributed by atoms with Crippen molar-refractivity contribution in [3.63, 3.8) is 0 Å². The molecule has 0 spiro atoms. The molecular formula is C15H18BF3O3. The van der Waals surface area contributed by atoms with Crippen molar-refractivity contribution in [2.75, 3.05) is 6.61 Å². The fourth-order valence-electron chi connectivity index (χ4n) is 2.04. The van der Waals surface area contributed by atoms with Gasteiger partial charge in [-0.3, -0.25) is 0 Å². The number of hydrogen-bond acceptors (Lipinski definition) is 3. The van der Waals surface area contributed by atoms with E-state index in [-0.39, 0.29) is 5.47 Å². The molecule has 1 saturated heterocycles. The van der Waals surface area contributed by atoms with E-state index in [9.17, 15) is 18.3 Å². The second kappa shape index (κ2) is 5.72. The molecule has 7 heteroatoms. The van der Waals surface area contributed by atoms with Crippen LogP contribution in [-0.2, 0) is 9.31 Å². The standard InChI is InChI=1S/C15H18BF3O3/c1-14(2)15(3,4)22-16(21-14)9(8-20)7-10-11(17)5-6-12(18)13(10)19/h5-7,20H,8H2,1-4H3. The van der Waals surface area contributed by atoms with E-state index >= 15 is 0 Å². The Morgan fingerprint density at radius 3 is 2.09 bits per heavy atom. The zero-order valence-corrected chi connectivity index (χ0v) is 12.9. The summed E-state index contributed by atoms with van der Waals surface area (Å²) in [6.07, 6.45) is 1.02. The minimum atomic E-state index is -1.32. The van der Waals surface area contributed by atoms with Crippen molar-refractivity contribution in [3.05, 3.63) is 40.6 Å². The van der Waals surface area contributed by atoms with Crippen LogP contribution in [0.25, 0.3) is 6.08 Å². The van der Waals surface area contributed by atoms with Gasteiger partial charge in [0.05, 0.1) is 17.8 Å². The van der Waals surface area contributed by atoms with Crippen LogP contribution in [0.3, 0.4) is 0 Å². The van der Waals surface area contributed by atoms with Crippen LogP contribution >= 0.6 is 0 Å². The molecule has 1 aromatic carbocycles. The van der Waals surface area contributed by atoms with Crippen molar-refractivity contribution in [2.24, 2.45) is 0 Å². The summed E-state index contributed by atoms with van der Waals surface area (Å²) in [5, 5.41) is 9.47. The first-order valence-corrected chi connectivity index (χ1v) is 6.89. The largest absolute Gasteiger partial charge is 0.492 e. The summed E-state index contributed by atoms with van der Waals surface area (Å²) in [6, 6.07) is 1.53. The molecule has 0 atom stereocenters. The van der Waals surface area contributed by atoms with Gasteiger partial charge in [-0.15, -0.1) is 0 Å². The lowest BCUT2D eigenvalue weighted by Crippen LogP contribution is -2.41. The molecule has 3 nitrogen and oxygen atoms in total. The number of benzene rings is 1. The second-order valence-corrected chi connectivity index (χ2v) is 6.22. The molecule has 0 amide bonds. The SMILES string of the molecule is CC1(C)OB(C(=Cc2c(F)ccc(F)c2F)CO)OC1(C)C. The van der Waals surface area contributed by atoms with E-state index in [0.717, 1.165) is 12.1 Å². The third-order valence-electron chi connectivity index (χ3n) is 4.15. The van der Waals surface area contributed by atoms with Gasteiger partial charge in [0, 0.05) is 5.56 Å². The van der Waals surface area contributed by atoms with Crippen LogP contribution in [-0.4, -0.2) is 30.0 Å². The number of rotatable bonds is 3. The smallest absolute Gasteiger partial charge is 0.400 e. The van der Waals surface area contributed by atoms with E-state index in [4.69, 9.17) is 9.31 Å². The Kier molecular flexibility index (Phi) is 4.43. The predicted octanol–water partition coefficient (Wildman–Crippen LogP) is 3.11. The quantitative estimate of drug-likeness (QED) is 0.688. The summed E-state index contributed by atoms with van der Waals surface area (Å²) >= 11 is 0.